The Morgan fingerprint density at radius 3 is 0.706 bits per heavy atom. The highest BCUT2D eigenvalue weighted by Crippen LogP contribution is 2.67. The molecule has 104 valence electrons. The summed E-state index contributed by atoms with van der Waals surface area (Å²) < 4.78 is 41.8. The predicted molar refractivity (Wildman–Crippen MR) is 71.0 cm³/mol. The fourth-order valence-corrected chi connectivity index (χ4v) is 14.0. The van der Waals surface area contributed by atoms with Crippen LogP contribution >= 0.6 is 0 Å². The van der Waals surface area contributed by atoms with E-state index in [0.29, 0.717) is 0 Å². The molecule has 17 heavy (non-hydrogen) atoms. The monoisotopic (exact) mass is 268 g/mol. The predicted octanol–water partition coefficient (Wildman–Crippen LogP) is 5.94. The van der Waals surface area contributed by atoms with Crippen LogP contribution in [0.1, 0.15) is 62.3 Å². The Labute approximate surface area is 105 Å². The molecule has 0 bridgehead atoms. The quantitative estimate of drug-likeness (QED) is 0.477. The Balaban J connectivity index is 6.37. The van der Waals surface area contributed by atoms with Crippen molar-refractivity contribution in [3.05, 3.63) is 0 Å². The summed E-state index contributed by atoms with van der Waals surface area (Å²) in [6.45, 7) is 15.8. The molecule has 0 aromatic rings. The molecule has 0 spiro atoms. The summed E-state index contributed by atoms with van der Waals surface area (Å²) in [6, 6.07) is 0. The van der Waals surface area contributed by atoms with Gasteiger partial charge in [0.15, 0.2) is 8.07 Å². The number of halogens is 3. The van der Waals surface area contributed by atoms with Crippen LogP contribution in [0.2, 0.25) is 15.1 Å². The molecule has 0 N–H and O–H groups in total. The Morgan fingerprint density at radius 1 is 0.529 bits per heavy atom. The van der Waals surface area contributed by atoms with E-state index in [9.17, 15) is 13.2 Å². The van der Waals surface area contributed by atoms with Crippen molar-refractivity contribution in [1.82, 2.24) is 0 Å². The first kappa shape index (κ1) is 17.0. The third-order valence-electron chi connectivity index (χ3n) is 3.80. The summed E-state index contributed by atoms with van der Waals surface area (Å²) in [6.07, 6.45) is 0. The first-order valence-corrected chi connectivity index (χ1v) is 8.07. The average molecular weight is 268 g/mol. The van der Waals surface area contributed by atoms with Crippen molar-refractivity contribution in [3.8, 4) is 0 Å². The molecule has 0 saturated carbocycles. The second kappa shape index (κ2) is 4.00. The topological polar surface area (TPSA) is 0 Å². The van der Waals surface area contributed by atoms with Gasteiger partial charge in [0.1, 0.15) is 0 Å². The van der Waals surface area contributed by atoms with Crippen molar-refractivity contribution in [2.45, 2.75) is 83.2 Å². The lowest BCUT2D eigenvalue weighted by molar-refractivity contribution is -0.0679. The highest BCUT2D eigenvalue weighted by atomic mass is 28.3. The fourth-order valence-electron chi connectivity index (χ4n) is 4.65. The zero-order valence-electron chi connectivity index (χ0n) is 12.6. The van der Waals surface area contributed by atoms with Crippen LogP contribution < -0.4 is 0 Å². The Hall–Kier alpha value is 0.00688. The second-order valence-corrected chi connectivity index (χ2v) is 14.6. The van der Waals surface area contributed by atoms with Crippen LogP contribution in [0.15, 0.2) is 0 Å². The van der Waals surface area contributed by atoms with Crippen molar-refractivity contribution in [2.75, 3.05) is 0 Å². The third-order valence-corrected chi connectivity index (χ3v) is 11.4. The van der Waals surface area contributed by atoms with Crippen molar-refractivity contribution < 1.29 is 13.2 Å². The van der Waals surface area contributed by atoms with Gasteiger partial charge in [0.25, 0.3) is 0 Å². The highest BCUT2D eigenvalue weighted by molar-refractivity contribution is 6.89. The second-order valence-electron chi connectivity index (χ2n) is 8.00. The van der Waals surface area contributed by atoms with Gasteiger partial charge in [0, 0.05) is 0 Å². The van der Waals surface area contributed by atoms with Crippen LogP contribution in [0.5, 0.6) is 0 Å². The molecule has 0 aliphatic rings. The van der Waals surface area contributed by atoms with Crippen molar-refractivity contribution in [3.63, 3.8) is 0 Å². The molecule has 0 amide bonds. The van der Waals surface area contributed by atoms with E-state index in [2.05, 4.69) is 0 Å². The van der Waals surface area contributed by atoms with Gasteiger partial charge in [0.2, 0.25) is 0 Å². The molecule has 0 saturated heterocycles. The molecule has 0 heterocycles. The van der Waals surface area contributed by atoms with Crippen molar-refractivity contribution in [2.24, 2.45) is 0 Å². The Morgan fingerprint density at radius 2 is 0.706 bits per heavy atom. The van der Waals surface area contributed by atoms with Crippen LogP contribution in [0.4, 0.5) is 13.2 Å². The minimum Gasteiger partial charge on any atom is -0.177 e. The molecule has 0 aliphatic carbocycles. The zero-order chi connectivity index (χ0) is 14.5. The molecule has 0 aliphatic heterocycles. The maximum Gasteiger partial charge on any atom is 0.363 e. The summed E-state index contributed by atoms with van der Waals surface area (Å²) in [5, 5.41) is -2.16. The van der Waals surface area contributed by atoms with Crippen molar-refractivity contribution in [1.29, 1.82) is 0 Å². The summed E-state index contributed by atoms with van der Waals surface area (Å²) in [5.41, 5.74) is 0. The number of hydrogen-bond donors (Lipinski definition) is 0. The molecule has 0 nitrogen and oxygen atoms in total. The van der Waals surface area contributed by atoms with E-state index in [0.717, 1.165) is 0 Å². The Kier molecular flexibility index (Phi) is 4.01. The van der Waals surface area contributed by atoms with Crippen LogP contribution in [0.25, 0.3) is 0 Å². The molecular formula is C13H27F3Si. The van der Waals surface area contributed by atoms with Gasteiger partial charge in [-0.3, -0.25) is 0 Å². The lowest BCUT2D eigenvalue weighted by atomic mass is 10.2. The van der Waals surface area contributed by atoms with Gasteiger partial charge < -0.3 is 0 Å². The normalized spacial score (nSPS) is 16.2. The van der Waals surface area contributed by atoms with E-state index in [-0.39, 0.29) is 0 Å². The molecule has 0 radical (unpaired) electrons. The molecule has 0 aromatic heterocycles. The largest absolute Gasteiger partial charge is 0.363 e. The van der Waals surface area contributed by atoms with E-state index in [4.69, 9.17) is 0 Å². The highest BCUT2D eigenvalue weighted by Gasteiger charge is 2.74. The molecule has 0 aromatic carbocycles. The molecule has 0 unspecified atom stereocenters. The lowest BCUT2D eigenvalue weighted by Crippen LogP contribution is -2.68. The molecule has 0 rings (SSSR count). The first-order chi connectivity index (χ1) is 7.00. The van der Waals surface area contributed by atoms with Gasteiger partial charge in [-0.05, 0) is 15.1 Å². The van der Waals surface area contributed by atoms with Crippen molar-refractivity contribution >= 4 is 8.07 Å². The molecular weight excluding hydrogens is 241 g/mol. The maximum absolute atomic E-state index is 13.9. The van der Waals surface area contributed by atoms with Crippen LogP contribution in [-0.4, -0.2) is 13.9 Å². The van der Waals surface area contributed by atoms with E-state index in [1.54, 1.807) is 62.3 Å². The van der Waals surface area contributed by atoms with E-state index < -0.39 is 29.0 Å². The van der Waals surface area contributed by atoms with Gasteiger partial charge in [0.05, 0.1) is 0 Å². The Bertz CT molecular complexity index is 209. The minimum absolute atomic E-state index is 0.720. The molecule has 0 atom stereocenters. The maximum atomic E-state index is 13.9. The average Bonchev–Trinajstić information content (AvgIpc) is 1.67. The molecule has 4 heteroatoms. The minimum atomic E-state index is -4.10. The van der Waals surface area contributed by atoms with E-state index in [1.165, 1.54) is 0 Å². The summed E-state index contributed by atoms with van der Waals surface area (Å²) in [7, 11) is -3.60. The number of rotatable bonds is 0. The van der Waals surface area contributed by atoms with Gasteiger partial charge in [-0.25, -0.2) is 0 Å². The van der Waals surface area contributed by atoms with Gasteiger partial charge in [-0.1, -0.05) is 62.3 Å². The van der Waals surface area contributed by atoms with Crippen LogP contribution in [0, 0.1) is 0 Å². The zero-order valence-corrected chi connectivity index (χ0v) is 13.6. The summed E-state index contributed by atoms with van der Waals surface area (Å²) in [5.74, 6) is -4.10. The molecule has 0 fully saturated rings. The van der Waals surface area contributed by atoms with Crippen LogP contribution in [-0.2, 0) is 0 Å². The third kappa shape index (κ3) is 2.42. The summed E-state index contributed by atoms with van der Waals surface area (Å²) in [4.78, 5) is 0. The first-order valence-electron chi connectivity index (χ1n) is 6.07. The van der Waals surface area contributed by atoms with Gasteiger partial charge in [-0.2, -0.15) is 13.2 Å². The SMILES string of the molecule is CC(C)(C)[Si](C(C)(C)C)(C(C)(C)C)C(F)(F)F. The summed E-state index contributed by atoms with van der Waals surface area (Å²) >= 11 is 0. The standard InChI is InChI=1S/C13H27F3Si/c1-10(2,3)17(11(4,5)6,12(7,8)9)13(14,15)16/h1-9H3. The van der Waals surface area contributed by atoms with Crippen LogP contribution in [0.3, 0.4) is 0 Å². The smallest absolute Gasteiger partial charge is 0.177 e. The lowest BCUT2D eigenvalue weighted by Gasteiger charge is -2.58. The van der Waals surface area contributed by atoms with E-state index >= 15 is 0 Å². The number of hydrogen-bond acceptors (Lipinski definition) is 0. The number of alkyl halides is 3. The van der Waals surface area contributed by atoms with E-state index in [1.807, 2.05) is 0 Å². The van der Waals surface area contributed by atoms with Gasteiger partial charge in [-0.15, -0.1) is 0 Å². The fraction of sp³-hybridized carbons (Fsp3) is 1.00. The van der Waals surface area contributed by atoms with Gasteiger partial charge >= 0.3 is 5.80 Å².